The first-order chi connectivity index (χ1) is 10.6. The van der Waals surface area contributed by atoms with Crippen molar-refractivity contribution < 1.29 is 26.0 Å². The van der Waals surface area contributed by atoms with E-state index in [2.05, 4.69) is 4.72 Å². The normalized spacial score (nSPS) is 22.0. The van der Waals surface area contributed by atoms with E-state index in [0.29, 0.717) is 18.6 Å². The summed E-state index contributed by atoms with van der Waals surface area (Å²) < 4.78 is 79.2. The van der Waals surface area contributed by atoms with Crippen molar-refractivity contribution in [2.24, 2.45) is 11.7 Å². The lowest BCUT2D eigenvalue weighted by Gasteiger charge is -2.31. The van der Waals surface area contributed by atoms with Gasteiger partial charge in [0.2, 0.25) is 10.0 Å². The maximum absolute atomic E-state index is 13.1. The highest BCUT2D eigenvalue weighted by Gasteiger charge is 2.39. The van der Waals surface area contributed by atoms with Gasteiger partial charge < -0.3 is 5.73 Å². The van der Waals surface area contributed by atoms with Crippen molar-refractivity contribution in [2.75, 3.05) is 6.54 Å². The summed E-state index contributed by atoms with van der Waals surface area (Å²) in [7, 11) is -4.43. The van der Waals surface area contributed by atoms with Crippen LogP contribution in [-0.4, -0.2) is 21.0 Å². The lowest BCUT2D eigenvalue weighted by molar-refractivity contribution is -0.140. The molecule has 1 aromatic carbocycles. The van der Waals surface area contributed by atoms with E-state index in [1.807, 2.05) is 0 Å². The van der Waals surface area contributed by atoms with E-state index in [-0.39, 0.29) is 30.9 Å². The minimum absolute atomic E-state index is 0. The van der Waals surface area contributed by atoms with Crippen LogP contribution in [0, 0.1) is 11.7 Å². The number of sulfonamides is 1. The Hall–Kier alpha value is -0.900. The summed E-state index contributed by atoms with van der Waals surface area (Å²) in [5.41, 5.74) is 4.10. The van der Waals surface area contributed by atoms with Crippen molar-refractivity contribution in [1.29, 1.82) is 0 Å². The molecule has 2 rings (SSSR count). The van der Waals surface area contributed by atoms with Gasteiger partial charge in [-0.2, -0.15) is 13.2 Å². The molecular formula is C14H19ClF4N2O2S. The number of halogens is 5. The van der Waals surface area contributed by atoms with Crippen LogP contribution < -0.4 is 10.5 Å². The summed E-state index contributed by atoms with van der Waals surface area (Å²) in [5, 5.41) is 0. The fraction of sp³-hybridized carbons (Fsp3) is 0.571. The topological polar surface area (TPSA) is 72.2 Å². The Morgan fingerprint density at radius 2 is 1.83 bits per heavy atom. The second kappa shape index (κ2) is 7.99. The third kappa shape index (κ3) is 4.81. The lowest BCUT2D eigenvalue weighted by atomic mass is 9.85. The Kier molecular flexibility index (Phi) is 7.04. The molecule has 0 bridgehead atoms. The van der Waals surface area contributed by atoms with E-state index in [1.54, 1.807) is 0 Å². The molecule has 2 unspecified atom stereocenters. The van der Waals surface area contributed by atoms with Crippen LogP contribution in [0.4, 0.5) is 17.6 Å². The Morgan fingerprint density at radius 3 is 2.42 bits per heavy atom. The molecule has 0 heterocycles. The third-order valence-corrected chi connectivity index (χ3v) is 5.60. The molecular weight excluding hydrogens is 372 g/mol. The average Bonchev–Trinajstić information content (AvgIpc) is 2.46. The Morgan fingerprint density at radius 1 is 1.21 bits per heavy atom. The first kappa shape index (κ1) is 21.1. The second-order valence-corrected chi connectivity index (χ2v) is 7.33. The molecule has 0 aliphatic heterocycles. The molecule has 3 N–H and O–H groups in total. The zero-order valence-electron chi connectivity index (χ0n) is 12.6. The molecule has 0 aromatic heterocycles. The van der Waals surface area contributed by atoms with E-state index in [0.717, 1.165) is 19.3 Å². The molecule has 10 heteroatoms. The van der Waals surface area contributed by atoms with Gasteiger partial charge in [-0.05, 0) is 43.5 Å². The second-order valence-electron chi connectivity index (χ2n) is 5.65. The molecule has 1 aromatic rings. The summed E-state index contributed by atoms with van der Waals surface area (Å²) in [6.45, 7) is 0.253. The Bertz CT molecular complexity index is 667. The van der Waals surface area contributed by atoms with E-state index < -0.39 is 38.5 Å². The average molecular weight is 391 g/mol. The zero-order chi connectivity index (χ0) is 17.3. The van der Waals surface area contributed by atoms with Gasteiger partial charge in [-0.25, -0.2) is 17.5 Å². The van der Waals surface area contributed by atoms with Gasteiger partial charge >= 0.3 is 6.18 Å². The summed E-state index contributed by atoms with van der Waals surface area (Å²) in [5.74, 6) is -1.26. The molecule has 0 spiro atoms. The summed E-state index contributed by atoms with van der Waals surface area (Å²) in [6.07, 6.45) is -2.04. The van der Waals surface area contributed by atoms with Crippen molar-refractivity contribution in [1.82, 2.24) is 4.72 Å². The van der Waals surface area contributed by atoms with Crippen LogP contribution in [0.3, 0.4) is 0 Å². The quantitative estimate of drug-likeness (QED) is 0.776. The molecule has 1 aliphatic rings. The Labute approximate surface area is 144 Å². The summed E-state index contributed by atoms with van der Waals surface area (Å²) in [6, 6.07) is 1.02. The fourth-order valence-electron chi connectivity index (χ4n) is 2.87. The van der Waals surface area contributed by atoms with Gasteiger partial charge in [-0.15, -0.1) is 12.4 Å². The number of hydrogen-bond acceptors (Lipinski definition) is 3. The summed E-state index contributed by atoms with van der Waals surface area (Å²) in [4.78, 5) is -0.965. The van der Waals surface area contributed by atoms with Gasteiger partial charge in [0, 0.05) is 6.04 Å². The van der Waals surface area contributed by atoms with E-state index >= 15 is 0 Å². The minimum atomic E-state index is -4.97. The highest BCUT2D eigenvalue weighted by Crippen LogP contribution is 2.35. The van der Waals surface area contributed by atoms with Crippen molar-refractivity contribution in [2.45, 2.75) is 42.8 Å². The number of nitrogens with one attached hydrogen (secondary N) is 1. The van der Waals surface area contributed by atoms with Crippen LogP contribution in [0.25, 0.3) is 0 Å². The number of alkyl halides is 3. The van der Waals surface area contributed by atoms with Crippen molar-refractivity contribution in [3.63, 3.8) is 0 Å². The maximum atomic E-state index is 13.1. The first-order valence-corrected chi connectivity index (χ1v) is 8.72. The van der Waals surface area contributed by atoms with Gasteiger partial charge in [0.25, 0.3) is 0 Å². The molecule has 0 saturated heterocycles. The molecule has 1 aliphatic carbocycles. The van der Waals surface area contributed by atoms with Crippen LogP contribution in [0.1, 0.15) is 31.2 Å². The van der Waals surface area contributed by atoms with Crippen LogP contribution in [0.15, 0.2) is 23.1 Å². The SMILES string of the molecule is Cl.NCC1CCCCC1NS(=O)(=O)c1ccc(F)cc1C(F)(F)F. The molecule has 0 radical (unpaired) electrons. The van der Waals surface area contributed by atoms with E-state index in [1.165, 1.54) is 0 Å². The first-order valence-electron chi connectivity index (χ1n) is 7.24. The number of nitrogens with two attached hydrogens (primary N) is 1. The maximum Gasteiger partial charge on any atom is 0.417 e. The summed E-state index contributed by atoms with van der Waals surface area (Å²) >= 11 is 0. The zero-order valence-corrected chi connectivity index (χ0v) is 14.3. The van der Waals surface area contributed by atoms with Gasteiger partial charge in [-0.1, -0.05) is 12.8 Å². The number of hydrogen-bond donors (Lipinski definition) is 2. The van der Waals surface area contributed by atoms with Gasteiger partial charge in [-0.3, -0.25) is 0 Å². The highest BCUT2D eigenvalue weighted by molar-refractivity contribution is 7.89. The van der Waals surface area contributed by atoms with Crippen LogP contribution in [0.2, 0.25) is 0 Å². The largest absolute Gasteiger partial charge is 0.417 e. The molecule has 4 nitrogen and oxygen atoms in total. The molecule has 1 fully saturated rings. The van der Waals surface area contributed by atoms with Gasteiger partial charge in [0.15, 0.2) is 0 Å². The van der Waals surface area contributed by atoms with E-state index in [9.17, 15) is 26.0 Å². The molecule has 24 heavy (non-hydrogen) atoms. The predicted molar refractivity (Wildman–Crippen MR) is 83.8 cm³/mol. The lowest BCUT2D eigenvalue weighted by Crippen LogP contribution is -2.45. The van der Waals surface area contributed by atoms with E-state index in [4.69, 9.17) is 5.73 Å². The standard InChI is InChI=1S/C14H18F4N2O2S.ClH/c15-10-5-6-13(11(7-10)14(16,17)18)23(21,22)20-12-4-2-1-3-9(12)8-19;/h5-7,9,12,20H,1-4,8,19H2;1H. The molecule has 138 valence electrons. The van der Waals surface area contributed by atoms with Gasteiger partial charge in [0.05, 0.1) is 10.5 Å². The third-order valence-electron chi connectivity index (χ3n) is 4.05. The Balaban J connectivity index is 0.00000288. The predicted octanol–water partition coefficient (Wildman–Crippen LogP) is 3.06. The smallest absolute Gasteiger partial charge is 0.330 e. The van der Waals surface area contributed by atoms with Crippen molar-refractivity contribution in [3.8, 4) is 0 Å². The van der Waals surface area contributed by atoms with Crippen LogP contribution >= 0.6 is 12.4 Å². The molecule has 2 atom stereocenters. The van der Waals surface area contributed by atoms with Crippen LogP contribution in [0.5, 0.6) is 0 Å². The number of rotatable bonds is 4. The molecule has 0 amide bonds. The fourth-order valence-corrected chi connectivity index (χ4v) is 4.41. The van der Waals surface area contributed by atoms with Crippen LogP contribution in [-0.2, 0) is 16.2 Å². The van der Waals surface area contributed by atoms with Gasteiger partial charge in [0.1, 0.15) is 5.82 Å². The van der Waals surface area contributed by atoms with Crippen molar-refractivity contribution >= 4 is 22.4 Å². The number of benzene rings is 1. The highest BCUT2D eigenvalue weighted by atomic mass is 35.5. The molecule has 1 saturated carbocycles. The van der Waals surface area contributed by atoms with Crippen molar-refractivity contribution in [3.05, 3.63) is 29.6 Å². The minimum Gasteiger partial charge on any atom is -0.330 e. The monoisotopic (exact) mass is 390 g/mol.